The predicted octanol–water partition coefficient (Wildman–Crippen LogP) is 8.33. The van der Waals surface area contributed by atoms with Crippen LogP contribution in [-0.2, 0) is 5.41 Å². The third-order valence-corrected chi connectivity index (χ3v) is 7.48. The van der Waals surface area contributed by atoms with Gasteiger partial charge < -0.3 is 0 Å². The van der Waals surface area contributed by atoms with Gasteiger partial charge in [0.15, 0.2) is 17.5 Å². The molecule has 1 aliphatic carbocycles. The molecule has 7 rings (SSSR count). The second kappa shape index (κ2) is 8.21. The van der Waals surface area contributed by atoms with Crippen LogP contribution in [0, 0.1) is 0 Å². The number of aromatic nitrogens is 3. The molecule has 1 heterocycles. The van der Waals surface area contributed by atoms with Crippen molar-refractivity contribution in [2.45, 2.75) is 19.3 Å². The van der Waals surface area contributed by atoms with Gasteiger partial charge in [-0.1, -0.05) is 123 Å². The zero-order chi connectivity index (χ0) is 25.0. The molecule has 0 fully saturated rings. The summed E-state index contributed by atoms with van der Waals surface area (Å²) in [6.07, 6.45) is 0. The van der Waals surface area contributed by atoms with Crippen molar-refractivity contribution in [1.29, 1.82) is 0 Å². The van der Waals surface area contributed by atoms with Gasteiger partial charge in [0.25, 0.3) is 0 Å². The lowest BCUT2D eigenvalue weighted by Crippen LogP contribution is -2.15. The van der Waals surface area contributed by atoms with E-state index in [0.717, 1.165) is 16.7 Å². The summed E-state index contributed by atoms with van der Waals surface area (Å²) in [5.74, 6) is 2.05. The summed E-state index contributed by atoms with van der Waals surface area (Å²) in [6, 6.07) is 40.0. The fourth-order valence-corrected chi connectivity index (χ4v) is 5.76. The number of benzene rings is 5. The lowest BCUT2D eigenvalue weighted by atomic mass is 9.79. The molecule has 0 aliphatic heterocycles. The van der Waals surface area contributed by atoms with Crippen molar-refractivity contribution < 1.29 is 0 Å². The van der Waals surface area contributed by atoms with E-state index < -0.39 is 0 Å². The zero-order valence-corrected chi connectivity index (χ0v) is 20.8. The summed E-state index contributed by atoms with van der Waals surface area (Å²) in [5, 5.41) is 2.48. The SMILES string of the molecule is CC1(C)c2ccccc2-c2c(-c3nc(-c4ccccc4)nc(-c4ccccc4)n3)cc3ccccc3c21. The van der Waals surface area contributed by atoms with Gasteiger partial charge in [-0.25, -0.2) is 15.0 Å². The van der Waals surface area contributed by atoms with Crippen molar-refractivity contribution in [1.82, 2.24) is 15.0 Å². The van der Waals surface area contributed by atoms with Crippen LogP contribution in [-0.4, -0.2) is 15.0 Å². The third kappa shape index (κ3) is 3.39. The number of hydrogen-bond donors (Lipinski definition) is 0. The predicted molar refractivity (Wildman–Crippen MR) is 151 cm³/mol. The average Bonchev–Trinajstić information content (AvgIpc) is 3.21. The molecule has 0 unspecified atom stereocenters. The van der Waals surface area contributed by atoms with Gasteiger partial charge in [0.05, 0.1) is 0 Å². The molecule has 0 saturated heterocycles. The van der Waals surface area contributed by atoms with E-state index >= 15 is 0 Å². The molecule has 3 nitrogen and oxygen atoms in total. The molecule has 37 heavy (non-hydrogen) atoms. The van der Waals surface area contributed by atoms with E-state index in [2.05, 4.69) is 92.7 Å². The molecule has 6 aromatic rings. The van der Waals surface area contributed by atoms with Crippen LogP contribution >= 0.6 is 0 Å². The molecular weight excluding hydrogens is 450 g/mol. The number of nitrogens with zero attached hydrogens (tertiary/aromatic N) is 3. The summed E-state index contributed by atoms with van der Waals surface area (Å²) in [7, 11) is 0. The topological polar surface area (TPSA) is 38.7 Å². The first kappa shape index (κ1) is 21.6. The van der Waals surface area contributed by atoms with Crippen molar-refractivity contribution >= 4 is 10.8 Å². The lowest BCUT2D eigenvalue weighted by Gasteiger charge is -2.23. The molecule has 1 aromatic heterocycles. The molecule has 1 aliphatic rings. The van der Waals surface area contributed by atoms with Crippen molar-refractivity contribution in [3.05, 3.63) is 126 Å². The number of rotatable bonds is 3. The van der Waals surface area contributed by atoms with Crippen LogP contribution in [0.5, 0.6) is 0 Å². The molecule has 0 amide bonds. The monoisotopic (exact) mass is 475 g/mol. The normalized spacial score (nSPS) is 13.4. The summed E-state index contributed by atoms with van der Waals surface area (Å²) in [5.41, 5.74) is 8.01. The Morgan fingerprint density at radius 3 is 1.73 bits per heavy atom. The molecule has 0 radical (unpaired) electrons. The maximum atomic E-state index is 5.08. The molecule has 3 heteroatoms. The minimum Gasteiger partial charge on any atom is -0.208 e. The standard InChI is InChI=1S/C34H25N3/c1-34(2)28-20-12-11-19-26(28)29-27(21-24-17-9-10-18-25(24)30(29)34)33-36-31(22-13-5-3-6-14-22)35-32(37-33)23-15-7-4-8-16-23/h3-21H,1-2H3. The first-order valence-electron chi connectivity index (χ1n) is 12.6. The second-order valence-electron chi connectivity index (χ2n) is 10.1. The minimum absolute atomic E-state index is 0.140. The highest BCUT2D eigenvalue weighted by molar-refractivity contribution is 6.04. The van der Waals surface area contributed by atoms with Crippen molar-refractivity contribution in [3.63, 3.8) is 0 Å². The van der Waals surface area contributed by atoms with Crippen LogP contribution in [0.4, 0.5) is 0 Å². The van der Waals surface area contributed by atoms with Crippen LogP contribution in [0.25, 0.3) is 56.1 Å². The van der Waals surface area contributed by atoms with Crippen LogP contribution in [0.15, 0.2) is 115 Å². The maximum absolute atomic E-state index is 5.08. The van der Waals surface area contributed by atoms with Gasteiger partial charge in [-0.3, -0.25) is 0 Å². The molecule has 0 bridgehead atoms. The van der Waals surface area contributed by atoms with Gasteiger partial charge in [-0.2, -0.15) is 0 Å². The molecule has 0 spiro atoms. The summed E-state index contributed by atoms with van der Waals surface area (Å²) in [6.45, 7) is 4.65. The highest BCUT2D eigenvalue weighted by Gasteiger charge is 2.38. The Bertz CT molecular complexity index is 1730. The molecule has 176 valence electrons. The molecule has 0 atom stereocenters. The second-order valence-corrected chi connectivity index (χ2v) is 10.1. The smallest absolute Gasteiger partial charge is 0.164 e. The van der Waals surface area contributed by atoms with Crippen molar-refractivity contribution in [2.24, 2.45) is 0 Å². The lowest BCUT2D eigenvalue weighted by molar-refractivity contribution is 0.666. The van der Waals surface area contributed by atoms with E-state index in [1.807, 2.05) is 36.4 Å². The average molecular weight is 476 g/mol. The first-order chi connectivity index (χ1) is 18.1. The highest BCUT2D eigenvalue weighted by atomic mass is 15.0. The van der Waals surface area contributed by atoms with E-state index in [1.54, 1.807) is 0 Å². The Morgan fingerprint density at radius 2 is 1.05 bits per heavy atom. The zero-order valence-electron chi connectivity index (χ0n) is 20.8. The highest BCUT2D eigenvalue weighted by Crippen LogP contribution is 2.54. The van der Waals surface area contributed by atoms with E-state index in [4.69, 9.17) is 15.0 Å². The molecule has 0 saturated carbocycles. The summed E-state index contributed by atoms with van der Waals surface area (Å²) in [4.78, 5) is 15.1. The van der Waals surface area contributed by atoms with E-state index in [-0.39, 0.29) is 5.41 Å². The van der Waals surface area contributed by atoms with E-state index in [1.165, 1.54) is 33.0 Å². The van der Waals surface area contributed by atoms with E-state index in [9.17, 15) is 0 Å². The van der Waals surface area contributed by atoms with Crippen molar-refractivity contribution in [2.75, 3.05) is 0 Å². The van der Waals surface area contributed by atoms with E-state index in [0.29, 0.717) is 17.5 Å². The van der Waals surface area contributed by atoms with Gasteiger partial charge in [-0.05, 0) is 39.1 Å². The third-order valence-electron chi connectivity index (χ3n) is 7.48. The van der Waals surface area contributed by atoms with Crippen LogP contribution in [0.2, 0.25) is 0 Å². The molecule has 5 aromatic carbocycles. The molecule has 0 N–H and O–H groups in total. The van der Waals surface area contributed by atoms with Gasteiger partial charge in [0, 0.05) is 22.1 Å². The Balaban J connectivity index is 1.59. The Morgan fingerprint density at radius 1 is 0.514 bits per heavy atom. The Kier molecular flexibility index (Phi) is 4.80. The molecular formula is C34H25N3. The van der Waals surface area contributed by atoms with Crippen molar-refractivity contribution in [3.8, 4) is 45.3 Å². The number of fused-ring (bicyclic) bond motifs is 5. The van der Waals surface area contributed by atoms with Gasteiger partial charge in [-0.15, -0.1) is 0 Å². The quantitative estimate of drug-likeness (QED) is 0.258. The van der Waals surface area contributed by atoms with Crippen LogP contribution in [0.3, 0.4) is 0 Å². The summed E-state index contributed by atoms with van der Waals surface area (Å²) < 4.78 is 0. The largest absolute Gasteiger partial charge is 0.208 e. The Labute approximate surface area is 216 Å². The van der Waals surface area contributed by atoms with Gasteiger partial charge in [0.2, 0.25) is 0 Å². The maximum Gasteiger partial charge on any atom is 0.164 e. The Hall–Kier alpha value is -4.63. The fraction of sp³-hybridized carbons (Fsp3) is 0.0882. The van der Waals surface area contributed by atoms with Gasteiger partial charge >= 0.3 is 0 Å². The summed E-state index contributed by atoms with van der Waals surface area (Å²) >= 11 is 0. The van der Waals surface area contributed by atoms with Gasteiger partial charge in [0.1, 0.15) is 0 Å². The minimum atomic E-state index is -0.140. The van der Waals surface area contributed by atoms with Crippen LogP contribution < -0.4 is 0 Å². The van der Waals surface area contributed by atoms with Crippen LogP contribution in [0.1, 0.15) is 25.0 Å². The first-order valence-corrected chi connectivity index (χ1v) is 12.6. The fourth-order valence-electron chi connectivity index (χ4n) is 5.76. The number of hydrogen-bond acceptors (Lipinski definition) is 3.